The van der Waals surface area contributed by atoms with Gasteiger partial charge in [0.15, 0.2) is 0 Å². The van der Waals surface area contributed by atoms with E-state index in [1.165, 1.54) is 12.1 Å². The number of ether oxygens (including phenoxy) is 1. The van der Waals surface area contributed by atoms with E-state index in [1.807, 2.05) is 30.3 Å². The van der Waals surface area contributed by atoms with Gasteiger partial charge in [-0.3, -0.25) is 9.59 Å². The molecule has 1 saturated heterocycles. The molecule has 1 aliphatic heterocycles. The second-order valence-corrected chi connectivity index (χ2v) is 7.01. The van der Waals surface area contributed by atoms with Gasteiger partial charge in [-0.2, -0.15) is 13.2 Å². The van der Waals surface area contributed by atoms with Crippen LogP contribution in [0.4, 0.5) is 13.2 Å². The average Bonchev–Trinajstić information content (AvgIpc) is 2.76. The van der Waals surface area contributed by atoms with Crippen molar-refractivity contribution < 1.29 is 27.5 Å². The zero-order valence-electron chi connectivity index (χ0n) is 16.4. The zero-order valence-corrected chi connectivity index (χ0v) is 16.4. The fourth-order valence-electron chi connectivity index (χ4n) is 3.23. The fraction of sp³-hybridized carbons (Fsp3) is 0.364. The summed E-state index contributed by atoms with van der Waals surface area (Å²) < 4.78 is 43.5. The zero-order chi connectivity index (χ0) is 21.6. The number of alkyl halides is 3. The summed E-state index contributed by atoms with van der Waals surface area (Å²) in [7, 11) is 0. The van der Waals surface area contributed by atoms with Gasteiger partial charge in [0, 0.05) is 38.2 Å². The minimum Gasteiger partial charge on any atom is -0.494 e. The summed E-state index contributed by atoms with van der Waals surface area (Å²) in [4.78, 5) is 28.1. The van der Waals surface area contributed by atoms with E-state index in [9.17, 15) is 22.8 Å². The first-order chi connectivity index (χ1) is 14.3. The van der Waals surface area contributed by atoms with Crippen molar-refractivity contribution in [3.8, 4) is 5.75 Å². The van der Waals surface area contributed by atoms with Crippen LogP contribution in [-0.2, 0) is 11.0 Å². The van der Waals surface area contributed by atoms with Gasteiger partial charge in [-0.15, -0.1) is 0 Å². The summed E-state index contributed by atoms with van der Waals surface area (Å²) in [6.07, 6.45) is -3.47. The second kappa shape index (κ2) is 9.65. The summed E-state index contributed by atoms with van der Waals surface area (Å²) in [5, 5.41) is 0. The molecule has 1 heterocycles. The monoisotopic (exact) mass is 420 g/mol. The predicted molar refractivity (Wildman–Crippen MR) is 105 cm³/mol. The maximum Gasteiger partial charge on any atom is 0.416 e. The van der Waals surface area contributed by atoms with Crippen LogP contribution in [0.15, 0.2) is 54.6 Å². The number of hydrogen-bond acceptors (Lipinski definition) is 3. The van der Waals surface area contributed by atoms with Gasteiger partial charge in [0.05, 0.1) is 12.2 Å². The molecule has 5 nitrogen and oxygen atoms in total. The Morgan fingerprint density at radius 2 is 1.47 bits per heavy atom. The van der Waals surface area contributed by atoms with Gasteiger partial charge in [0.25, 0.3) is 5.91 Å². The topological polar surface area (TPSA) is 49.9 Å². The van der Waals surface area contributed by atoms with E-state index in [2.05, 4.69) is 0 Å². The maximum atomic E-state index is 12.7. The molecule has 30 heavy (non-hydrogen) atoms. The van der Waals surface area contributed by atoms with Crippen molar-refractivity contribution in [3.63, 3.8) is 0 Å². The number of piperazine rings is 1. The maximum absolute atomic E-state index is 12.7. The molecule has 2 aromatic rings. The number of carbonyl (C=O) groups is 2. The highest BCUT2D eigenvalue weighted by Crippen LogP contribution is 2.29. The van der Waals surface area contributed by atoms with Gasteiger partial charge in [-0.25, -0.2) is 0 Å². The van der Waals surface area contributed by atoms with E-state index in [1.54, 1.807) is 9.80 Å². The highest BCUT2D eigenvalue weighted by atomic mass is 19.4. The van der Waals surface area contributed by atoms with E-state index < -0.39 is 11.7 Å². The lowest BCUT2D eigenvalue weighted by atomic mass is 10.1. The van der Waals surface area contributed by atoms with Gasteiger partial charge in [-0.1, -0.05) is 18.2 Å². The van der Waals surface area contributed by atoms with Gasteiger partial charge in [0.2, 0.25) is 5.91 Å². The number of carbonyl (C=O) groups excluding carboxylic acids is 2. The van der Waals surface area contributed by atoms with Crippen LogP contribution in [-0.4, -0.2) is 54.4 Å². The molecule has 0 aliphatic carbocycles. The van der Waals surface area contributed by atoms with Crippen molar-refractivity contribution in [1.29, 1.82) is 0 Å². The van der Waals surface area contributed by atoms with Crippen LogP contribution in [0.3, 0.4) is 0 Å². The molecule has 8 heteroatoms. The Morgan fingerprint density at radius 1 is 0.867 bits per heavy atom. The summed E-state index contributed by atoms with van der Waals surface area (Å²) in [6.45, 7) is 1.97. The minimum absolute atomic E-state index is 0.00768. The molecular weight excluding hydrogens is 397 g/mol. The summed E-state index contributed by atoms with van der Waals surface area (Å²) in [5.41, 5.74) is -0.577. The van der Waals surface area contributed by atoms with Crippen LogP contribution in [0.25, 0.3) is 0 Å². The second-order valence-electron chi connectivity index (χ2n) is 7.01. The molecule has 0 radical (unpaired) electrons. The predicted octanol–water partition coefficient (Wildman–Crippen LogP) is 3.85. The Labute approximate surface area is 173 Å². The Bertz CT molecular complexity index is 846. The molecule has 0 unspecified atom stereocenters. The van der Waals surface area contributed by atoms with E-state index in [0.717, 1.165) is 17.9 Å². The van der Waals surface area contributed by atoms with Crippen molar-refractivity contribution >= 4 is 11.8 Å². The van der Waals surface area contributed by atoms with Gasteiger partial charge in [0.1, 0.15) is 5.75 Å². The number of para-hydroxylation sites is 1. The quantitative estimate of drug-likeness (QED) is 0.667. The Balaban J connectivity index is 1.41. The van der Waals surface area contributed by atoms with Crippen LogP contribution in [0.1, 0.15) is 28.8 Å². The number of rotatable bonds is 6. The highest BCUT2D eigenvalue weighted by Gasteiger charge is 2.31. The largest absolute Gasteiger partial charge is 0.494 e. The van der Waals surface area contributed by atoms with Crippen molar-refractivity contribution in [2.24, 2.45) is 0 Å². The lowest BCUT2D eigenvalue weighted by molar-refractivity contribution is -0.137. The van der Waals surface area contributed by atoms with Gasteiger partial charge in [-0.05, 0) is 42.8 Å². The molecule has 0 atom stereocenters. The van der Waals surface area contributed by atoms with E-state index in [4.69, 9.17) is 4.74 Å². The standard InChI is InChI=1S/C22H23F3N2O3/c23-22(24,25)18-10-8-17(9-11-18)21(29)27-14-12-26(13-15-27)20(28)7-4-16-30-19-5-2-1-3-6-19/h1-3,5-6,8-11H,4,7,12-16H2. The van der Waals surface area contributed by atoms with Crippen molar-refractivity contribution in [2.45, 2.75) is 19.0 Å². The van der Waals surface area contributed by atoms with Crippen LogP contribution < -0.4 is 4.74 Å². The molecule has 0 saturated carbocycles. The van der Waals surface area contributed by atoms with Gasteiger partial charge >= 0.3 is 6.18 Å². The number of amides is 2. The molecule has 0 bridgehead atoms. The Morgan fingerprint density at radius 3 is 2.07 bits per heavy atom. The summed E-state index contributed by atoms with van der Waals surface area (Å²) >= 11 is 0. The minimum atomic E-state index is -4.43. The number of nitrogens with zero attached hydrogens (tertiary/aromatic N) is 2. The number of hydrogen-bond donors (Lipinski definition) is 0. The molecule has 1 fully saturated rings. The molecule has 160 valence electrons. The van der Waals surface area contributed by atoms with E-state index in [0.29, 0.717) is 45.6 Å². The molecule has 0 spiro atoms. The first-order valence-electron chi connectivity index (χ1n) is 9.77. The average molecular weight is 420 g/mol. The third-order valence-corrected chi connectivity index (χ3v) is 4.93. The molecular formula is C22H23F3N2O3. The molecule has 3 rings (SSSR count). The van der Waals surface area contributed by atoms with Gasteiger partial charge < -0.3 is 14.5 Å². The number of halogens is 3. The molecule has 1 aliphatic rings. The third-order valence-electron chi connectivity index (χ3n) is 4.93. The summed E-state index contributed by atoms with van der Waals surface area (Å²) in [6, 6.07) is 13.6. The SMILES string of the molecule is O=C(CCCOc1ccccc1)N1CCN(C(=O)c2ccc(C(F)(F)F)cc2)CC1. The smallest absolute Gasteiger partial charge is 0.416 e. The van der Waals surface area contributed by atoms with Crippen molar-refractivity contribution in [3.05, 3.63) is 65.7 Å². The Hall–Kier alpha value is -3.03. The van der Waals surface area contributed by atoms with Crippen LogP contribution in [0.2, 0.25) is 0 Å². The Kier molecular flexibility index (Phi) is 6.97. The lowest BCUT2D eigenvalue weighted by Crippen LogP contribution is -2.50. The first kappa shape index (κ1) is 21.7. The lowest BCUT2D eigenvalue weighted by Gasteiger charge is -2.35. The van der Waals surface area contributed by atoms with Crippen LogP contribution in [0, 0.1) is 0 Å². The fourth-order valence-corrected chi connectivity index (χ4v) is 3.23. The molecule has 0 aromatic heterocycles. The molecule has 2 amide bonds. The van der Waals surface area contributed by atoms with Crippen molar-refractivity contribution in [1.82, 2.24) is 9.80 Å². The molecule has 0 N–H and O–H groups in total. The first-order valence-corrected chi connectivity index (χ1v) is 9.77. The number of benzene rings is 2. The summed E-state index contributed by atoms with van der Waals surface area (Å²) in [5.74, 6) is 0.445. The van der Waals surface area contributed by atoms with Crippen LogP contribution in [0.5, 0.6) is 5.75 Å². The molecule has 2 aromatic carbocycles. The van der Waals surface area contributed by atoms with Crippen molar-refractivity contribution in [2.75, 3.05) is 32.8 Å². The van der Waals surface area contributed by atoms with Crippen LogP contribution >= 0.6 is 0 Å². The highest BCUT2D eigenvalue weighted by molar-refractivity contribution is 5.94. The normalized spacial score (nSPS) is 14.5. The third kappa shape index (κ3) is 5.75. The van der Waals surface area contributed by atoms with E-state index in [-0.39, 0.29) is 17.4 Å². The van der Waals surface area contributed by atoms with E-state index >= 15 is 0 Å².